The molecule has 1 aliphatic heterocycles. The minimum Gasteiger partial charge on any atom is -0.435 e. The zero-order chi connectivity index (χ0) is 17.9. The van der Waals surface area contributed by atoms with Gasteiger partial charge < -0.3 is 14.4 Å². The first-order valence-electron chi connectivity index (χ1n) is 8.54. The van der Waals surface area contributed by atoms with Crippen LogP contribution in [0.15, 0.2) is 0 Å². The predicted octanol–water partition coefficient (Wildman–Crippen LogP) is 1.80. The third-order valence-electron chi connectivity index (χ3n) is 4.00. The van der Waals surface area contributed by atoms with Gasteiger partial charge in [-0.25, -0.2) is 9.86 Å². The molecule has 8 nitrogen and oxygen atoms in total. The number of piperidine rings is 1. The number of hydrogen-bond acceptors (Lipinski definition) is 6. The fourth-order valence-corrected chi connectivity index (χ4v) is 2.79. The second-order valence-electron chi connectivity index (χ2n) is 5.92. The largest absolute Gasteiger partial charge is 0.508 e. The van der Waals surface area contributed by atoms with Gasteiger partial charge in [0.15, 0.2) is 0 Å². The van der Waals surface area contributed by atoms with E-state index in [0.29, 0.717) is 37.4 Å². The summed E-state index contributed by atoms with van der Waals surface area (Å²) in [4.78, 5) is 36.4. The number of carbonyl (C=O) groups excluding carboxylic acids is 3. The number of likely N-dealkylation sites (tertiary alicyclic amines) is 1. The third-order valence-corrected chi connectivity index (χ3v) is 4.00. The lowest BCUT2D eigenvalue weighted by molar-refractivity contribution is -0.158. The van der Waals surface area contributed by atoms with Crippen molar-refractivity contribution in [1.29, 1.82) is 0 Å². The molecule has 1 unspecified atom stereocenters. The van der Waals surface area contributed by atoms with Crippen molar-refractivity contribution in [3.05, 3.63) is 0 Å². The van der Waals surface area contributed by atoms with Gasteiger partial charge in [0.05, 0.1) is 25.6 Å². The maximum atomic E-state index is 12.7. The summed E-state index contributed by atoms with van der Waals surface area (Å²) < 4.78 is 9.97. The number of unbranched alkanes of at least 4 members (excludes halogenated alkanes) is 1. The van der Waals surface area contributed by atoms with Gasteiger partial charge in [0.2, 0.25) is 12.3 Å². The Balaban J connectivity index is 2.63. The van der Waals surface area contributed by atoms with Gasteiger partial charge in [-0.3, -0.25) is 14.8 Å². The Bertz CT molecular complexity index is 417. The molecule has 1 aliphatic rings. The molecular weight excluding hydrogens is 316 g/mol. The van der Waals surface area contributed by atoms with Gasteiger partial charge in [-0.15, -0.1) is 0 Å². The van der Waals surface area contributed by atoms with E-state index in [2.05, 4.69) is 0 Å². The predicted molar refractivity (Wildman–Crippen MR) is 85.3 cm³/mol. The van der Waals surface area contributed by atoms with E-state index in [1.54, 1.807) is 11.8 Å². The Hall–Kier alpha value is -1.83. The number of ether oxygens (including phenoxy) is 2. The van der Waals surface area contributed by atoms with E-state index in [0.717, 1.165) is 19.3 Å². The van der Waals surface area contributed by atoms with Crippen molar-refractivity contribution in [2.75, 3.05) is 26.2 Å². The van der Waals surface area contributed by atoms with Gasteiger partial charge in [0.1, 0.15) is 6.10 Å². The lowest BCUT2D eigenvalue weighted by Gasteiger charge is -2.34. The summed E-state index contributed by atoms with van der Waals surface area (Å²) in [5, 5.41) is 9.92. The molecule has 0 aromatic heterocycles. The SMILES string of the molecule is CCCC[C@H](CN(O)C=O)C(=O)N1CCCC(OC(=O)OCC)C1. The molecule has 8 heteroatoms. The number of carbonyl (C=O) groups is 3. The van der Waals surface area contributed by atoms with Crippen molar-refractivity contribution in [3.8, 4) is 0 Å². The fourth-order valence-electron chi connectivity index (χ4n) is 2.79. The van der Waals surface area contributed by atoms with E-state index in [1.165, 1.54) is 0 Å². The van der Waals surface area contributed by atoms with E-state index < -0.39 is 12.1 Å². The second kappa shape index (κ2) is 10.9. The molecule has 0 bridgehead atoms. The molecule has 0 aliphatic carbocycles. The summed E-state index contributed by atoms with van der Waals surface area (Å²) in [5.74, 6) is -0.581. The molecule has 1 heterocycles. The van der Waals surface area contributed by atoms with Crippen molar-refractivity contribution in [2.45, 2.75) is 52.1 Å². The van der Waals surface area contributed by atoms with Gasteiger partial charge in [-0.2, -0.15) is 0 Å². The summed E-state index contributed by atoms with van der Waals surface area (Å²) in [6.45, 7) is 4.82. The molecule has 1 N–H and O–H groups in total. The van der Waals surface area contributed by atoms with Crippen LogP contribution in [0.25, 0.3) is 0 Å². The average molecular weight is 344 g/mol. The Labute approximate surface area is 142 Å². The first kappa shape index (κ1) is 20.2. The van der Waals surface area contributed by atoms with E-state index in [9.17, 15) is 19.6 Å². The first-order valence-corrected chi connectivity index (χ1v) is 8.54. The summed E-state index contributed by atoms with van der Waals surface area (Å²) >= 11 is 0. The normalized spacial score (nSPS) is 18.6. The molecule has 0 spiro atoms. The lowest BCUT2D eigenvalue weighted by atomic mass is 9.98. The number of nitrogens with zero attached hydrogens (tertiary/aromatic N) is 2. The van der Waals surface area contributed by atoms with E-state index in [1.807, 2.05) is 6.92 Å². The topological polar surface area (TPSA) is 96.4 Å². The van der Waals surface area contributed by atoms with Crippen LogP contribution < -0.4 is 0 Å². The molecule has 0 saturated carbocycles. The van der Waals surface area contributed by atoms with Crippen LogP contribution in [0.2, 0.25) is 0 Å². The van der Waals surface area contributed by atoms with Crippen LogP contribution in [-0.4, -0.2) is 66.0 Å². The summed E-state index contributed by atoms with van der Waals surface area (Å²) in [6, 6.07) is 0. The highest BCUT2D eigenvalue weighted by Gasteiger charge is 2.31. The molecule has 138 valence electrons. The smallest absolute Gasteiger partial charge is 0.435 e. The summed E-state index contributed by atoms with van der Waals surface area (Å²) in [7, 11) is 0. The summed E-state index contributed by atoms with van der Waals surface area (Å²) in [5.41, 5.74) is 0. The van der Waals surface area contributed by atoms with Gasteiger partial charge in [-0.05, 0) is 26.2 Å². The average Bonchev–Trinajstić information content (AvgIpc) is 2.58. The van der Waals surface area contributed by atoms with Crippen LogP contribution in [-0.2, 0) is 19.1 Å². The quantitative estimate of drug-likeness (QED) is 0.296. The molecule has 0 radical (unpaired) electrons. The maximum absolute atomic E-state index is 12.7. The van der Waals surface area contributed by atoms with Crippen LogP contribution in [0.4, 0.5) is 4.79 Å². The minimum absolute atomic E-state index is 0.0256. The zero-order valence-corrected chi connectivity index (χ0v) is 14.5. The standard InChI is InChI=1S/C16H28N2O6/c1-3-5-7-13(10-18(22)12-19)15(20)17-9-6-8-14(11-17)24-16(21)23-4-2/h12-14,22H,3-11H2,1-2H3/t13-,14?/m1/s1. The molecule has 0 aromatic rings. The number of hydrogen-bond donors (Lipinski definition) is 1. The second-order valence-corrected chi connectivity index (χ2v) is 5.92. The van der Waals surface area contributed by atoms with Gasteiger partial charge in [-0.1, -0.05) is 19.8 Å². The third kappa shape index (κ3) is 6.74. The molecule has 1 fully saturated rings. The molecule has 24 heavy (non-hydrogen) atoms. The lowest BCUT2D eigenvalue weighted by Crippen LogP contribution is -2.48. The highest BCUT2D eigenvalue weighted by Crippen LogP contribution is 2.19. The summed E-state index contributed by atoms with van der Waals surface area (Å²) in [6.07, 6.45) is 2.96. The van der Waals surface area contributed by atoms with E-state index >= 15 is 0 Å². The Morgan fingerprint density at radius 3 is 2.79 bits per heavy atom. The molecule has 1 saturated heterocycles. The monoisotopic (exact) mass is 344 g/mol. The fraction of sp³-hybridized carbons (Fsp3) is 0.812. The van der Waals surface area contributed by atoms with Crippen molar-refractivity contribution < 1.29 is 29.1 Å². The first-order chi connectivity index (χ1) is 11.5. The van der Waals surface area contributed by atoms with Crippen molar-refractivity contribution in [3.63, 3.8) is 0 Å². The highest BCUT2D eigenvalue weighted by molar-refractivity contribution is 5.79. The number of rotatable bonds is 9. The van der Waals surface area contributed by atoms with Crippen LogP contribution in [0.5, 0.6) is 0 Å². The molecular formula is C16H28N2O6. The number of hydroxylamine groups is 2. The zero-order valence-electron chi connectivity index (χ0n) is 14.5. The minimum atomic E-state index is -0.721. The Morgan fingerprint density at radius 2 is 2.17 bits per heavy atom. The Morgan fingerprint density at radius 1 is 1.42 bits per heavy atom. The Kier molecular flexibility index (Phi) is 9.14. The highest BCUT2D eigenvalue weighted by atomic mass is 16.7. The van der Waals surface area contributed by atoms with Gasteiger partial charge in [0, 0.05) is 6.54 Å². The van der Waals surface area contributed by atoms with Crippen LogP contribution in [0.1, 0.15) is 46.0 Å². The molecule has 1 rings (SSSR count). The van der Waals surface area contributed by atoms with Crippen molar-refractivity contribution in [1.82, 2.24) is 9.96 Å². The van der Waals surface area contributed by atoms with E-state index in [4.69, 9.17) is 9.47 Å². The maximum Gasteiger partial charge on any atom is 0.508 e. The van der Waals surface area contributed by atoms with Crippen LogP contribution in [0, 0.1) is 5.92 Å². The molecule has 2 amide bonds. The van der Waals surface area contributed by atoms with Crippen LogP contribution >= 0.6 is 0 Å². The molecule has 2 atom stereocenters. The molecule has 0 aromatic carbocycles. The van der Waals surface area contributed by atoms with Crippen molar-refractivity contribution >= 4 is 18.5 Å². The van der Waals surface area contributed by atoms with Gasteiger partial charge in [0.25, 0.3) is 0 Å². The van der Waals surface area contributed by atoms with Crippen LogP contribution in [0.3, 0.4) is 0 Å². The van der Waals surface area contributed by atoms with E-state index in [-0.39, 0.29) is 25.2 Å². The van der Waals surface area contributed by atoms with Gasteiger partial charge >= 0.3 is 6.16 Å². The van der Waals surface area contributed by atoms with Crippen molar-refractivity contribution in [2.24, 2.45) is 5.92 Å². The number of amides is 2.